The Labute approximate surface area is 191 Å². The van der Waals surface area contributed by atoms with Crippen LogP contribution in [0, 0.1) is 0 Å². The molecule has 2 heterocycles. The summed E-state index contributed by atoms with van der Waals surface area (Å²) in [5.41, 5.74) is -0.678. The van der Waals surface area contributed by atoms with Gasteiger partial charge in [0.25, 0.3) is 0 Å². The number of phenols is 3. The van der Waals surface area contributed by atoms with E-state index in [9.17, 15) is 40.5 Å². The number of aliphatic hydroxyl groups excluding tert-OH is 4. The van der Waals surface area contributed by atoms with Crippen molar-refractivity contribution in [2.75, 3.05) is 13.7 Å². The zero-order valence-corrected chi connectivity index (χ0v) is 17.7. The molecule has 4 rings (SSSR count). The number of aliphatic hydroxyl groups is 4. The molecule has 0 spiro atoms. The van der Waals surface area contributed by atoms with Crippen molar-refractivity contribution in [1.82, 2.24) is 0 Å². The molecule has 5 atom stereocenters. The third-order valence-electron chi connectivity index (χ3n) is 5.47. The quantitative estimate of drug-likeness (QED) is 0.254. The first-order valence-corrected chi connectivity index (χ1v) is 10.0. The number of hydrogen-bond donors (Lipinski definition) is 7. The van der Waals surface area contributed by atoms with Crippen LogP contribution < -0.4 is 14.9 Å². The maximum absolute atomic E-state index is 13.1. The van der Waals surface area contributed by atoms with E-state index in [-0.39, 0.29) is 22.8 Å². The molecule has 0 bridgehead atoms. The molecule has 34 heavy (non-hydrogen) atoms. The largest absolute Gasteiger partial charge is 0.508 e. The Morgan fingerprint density at radius 2 is 1.65 bits per heavy atom. The lowest BCUT2D eigenvalue weighted by molar-refractivity contribution is -0.277. The van der Waals surface area contributed by atoms with Gasteiger partial charge in [-0.05, 0) is 24.3 Å². The molecule has 12 heteroatoms. The lowest BCUT2D eigenvalue weighted by atomic mass is 9.99. The molecular formula is C22H22O12. The number of methoxy groups -OCH3 is 1. The molecule has 7 N–H and O–H groups in total. The molecule has 1 saturated heterocycles. The minimum atomic E-state index is -1.82. The Morgan fingerprint density at radius 1 is 0.971 bits per heavy atom. The van der Waals surface area contributed by atoms with Gasteiger partial charge in [-0.25, -0.2) is 0 Å². The van der Waals surface area contributed by atoms with Crippen LogP contribution in [0.4, 0.5) is 0 Å². The highest BCUT2D eigenvalue weighted by Gasteiger charge is 2.45. The first-order chi connectivity index (χ1) is 16.2. The summed E-state index contributed by atoms with van der Waals surface area (Å²) >= 11 is 0. The van der Waals surface area contributed by atoms with E-state index < -0.39 is 65.4 Å². The van der Waals surface area contributed by atoms with Gasteiger partial charge in [-0.15, -0.1) is 0 Å². The van der Waals surface area contributed by atoms with Crippen LogP contribution in [0.1, 0.15) is 0 Å². The topological polar surface area (TPSA) is 200 Å². The standard InChI is InChI=1S/C22H22O12/c1-31-21-16(28)13-11(32-19(21)8-2-4-9(24)5-3-8)6-10(25)20(15(13)27)34-22-18(30)17(29)14(26)12(7-23)33-22/h2-6,12,14,17-18,22-27,29-30H,7H2,1H3/t12?,14-,17+,18?,22+/m1/s1. The molecule has 1 fully saturated rings. The molecule has 0 radical (unpaired) electrons. The van der Waals surface area contributed by atoms with E-state index in [1.807, 2.05) is 0 Å². The van der Waals surface area contributed by atoms with Crippen LogP contribution in [-0.4, -0.2) is 80.2 Å². The van der Waals surface area contributed by atoms with Gasteiger partial charge in [-0.1, -0.05) is 0 Å². The number of hydrogen-bond acceptors (Lipinski definition) is 12. The van der Waals surface area contributed by atoms with Crippen molar-refractivity contribution in [2.24, 2.45) is 0 Å². The molecule has 0 amide bonds. The van der Waals surface area contributed by atoms with E-state index >= 15 is 0 Å². The smallest absolute Gasteiger partial charge is 0.239 e. The van der Waals surface area contributed by atoms with Gasteiger partial charge in [0.05, 0.1) is 13.7 Å². The summed E-state index contributed by atoms with van der Waals surface area (Å²) < 4.78 is 21.5. The van der Waals surface area contributed by atoms with Crippen LogP contribution in [0.15, 0.2) is 39.5 Å². The van der Waals surface area contributed by atoms with Crippen molar-refractivity contribution in [1.29, 1.82) is 0 Å². The first kappa shape index (κ1) is 23.6. The summed E-state index contributed by atoms with van der Waals surface area (Å²) in [5, 5.41) is 69.6. The van der Waals surface area contributed by atoms with Crippen molar-refractivity contribution < 1.29 is 54.4 Å². The van der Waals surface area contributed by atoms with E-state index in [0.29, 0.717) is 5.56 Å². The molecule has 1 aromatic heterocycles. The van der Waals surface area contributed by atoms with Gasteiger partial charge in [0.1, 0.15) is 41.1 Å². The van der Waals surface area contributed by atoms with Crippen LogP contribution >= 0.6 is 0 Å². The average Bonchev–Trinajstić information content (AvgIpc) is 2.81. The fourth-order valence-corrected chi connectivity index (χ4v) is 3.67. The molecule has 2 aromatic carbocycles. The third kappa shape index (κ3) is 3.87. The highest BCUT2D eigenvalue weighted by atomic mass is 16.7. The van der Waals surface area contributed by atoms with Gasteiger partial charge < -0.3 is 54.4 Å². The monoisotopic (exact) mass is 478 g/mol. The average molecular weight is 478 g/mol. The number of phenolic OH excluding ortho intramolecular Hbond substituents is 3. The minimum Gasteiger partial charge on any atom is -0.508 e. The molecule has 12 nitrogen and oxygen atoms in total. The Bertz CT molecular complexity index is 1250. The summed E-state index contributed by atoms with van der Waals surface area (Å²) in [4.78, 5) is 13.1. The molecular weight excluding hydrogens is 456 g/mol. The molecule has 2 unspecified atom stereocenters. The van der Waals surface area contributed by atoms with Crippen LogP contribution in [0.25, 0.3) is 22.3 Å². The molecule has 0 saturated carbocycles. The zero-order chi connectivity index (χ0) is 24.7. The minimum absolute atomic E-state index is 0.0175. The molecule has 3 aromatic rings. The Kier molecular flexibility index (Phi) is 6.25. The summed E-state index contributed by atoms with van der Waals surface area (Å²) in [5.74, 6) is -2.57. The number of fused-ring (bicyclic) bond motifs is 1. The second kappa shape index (κ2) is 9.00. The summed E-state index contributed by atoms with van der Waals surface area (Å²) in [6.07, 6.45) is -8.26. The van der Waals surface area contributed by atoms with Crippen LogP contribution in [0.2, 0.25) is 0 Å². The Hall–Kier alpha value is -3.55. The van der Waals surface area contributed by atoms with E-state index in [2.05, 4.69) is 0 Å². The van der Waals surface area contributed by atoms with Gasteiger partial charge in [0.2, 0.25) is 23.2 Å². The highest BCUT2D eigenvalue weighted by molar-refractivity contribution is 5.91. The van der Waals surface area contributed by atoms with Gasteiger partial charge in [-0.2, -0.15) is 0 Å². The number of ether oxygens (including phenoxy) is 3. The lowest BCUT2D eigenvalue weighted by Gasteiger charge is -2.39. The first-order valence-electron chi connectivity index (χ1n) is 10.0. The van der Waals surface area contributed by atoms with Crippen molar-refractivity contribution in [2.45, 2.75) is 30.7 Å². The van der Waals surface area contributed by atoms with E-state index in [0.717, 1.165) is 6.07 Å². The van der Waals surface area contributed by atoms with E-state index in [4.69, 9.17) is 18.6 Å². The van der Waals surface area contributed by atoms with Crippen molar-refractivity contribution in [3.63, 3.8) is 0 Å². The fraction of sp³-hybridized carbons (Fsp3) is 0.318. The van der Waals surface area contributed by atoms with Crippen LogP contribution in [-0.2, 0) is 4.74 Å². The predicted molar refractivity (Wildman–Crippen MR) is 114 cm³/mol. The van der Waals surface area contributed by atoms with Crippen molar-refractivity contribution in [3.8, 4) is 40.1 Å². The Balaban J connectivity index is 1.82. The predicted octanol–water partition coefficient (Wildman–Crippen LogP) is -0.236. The second-order valence-electron chi connectivity index (χ2n) is 7.60. The SMILES string of the molecule is COc1c(-c2ccc(O)cc2)oc2cc(O)c(O[C@@H]3OC(CO)[C@@H](O)[C@H](O)C3O)c(O)c2c1=O. The summed E-state index contributed by atoms with van der Waals surface area (Å²) in [6, 6.07) is 6.66. The van der Waals surface area contributed by atoms with Crippen LogP contribution in [0.3, 0.4) is 0 Å². The van der Waals surface area contributed by atoms with Crippen LogP contribution in [0.5, 0.6) is 28.7 Å². The number of rotatable bonds is 5. The maximum atomic E-state index is 13.1. The second-order valence-corrected chi connectivity index (χ2v) is 7.60. The van der Waals surface area contributed by atoms with Crippen molar-refractivity contribution in [3.05, 3.63) is 40.6 Å². The summed E-state index contributed by atoms with van der Waals surface area (Å²) in [6.45, 7) is -0.721. The van der Waals surface area contributed by atoms with Crippen molar-refractivity contribution >= 4 is 11.0 Å². The van der Waals surface area contributed by atoms with Gasteiger partial charge in [-0.3, -0.25) is 4.79 Å². The Morgan fingerprint density at radius 3 is 2.26 bits per heavy atom. The fourth-order valence-electron chi connectivity index (χ4n) is 3.67. The lowest BCUT2D eigenvalue weighted by Crippen LogP contribution is -2.60. The molecule has 182 valence electrons. The normalized spacial score (nSPS) is 24.8. The molecule has 1 aliphatic rings. The third-order valence-corrected chi connectivity index (χ3v) is 5.47. The highest BCUT2D eigenvalue weighted by Crippen LogP contribution is 2.44. The maximum Gasteiger partial charge on any atom is 0.239 e. The number of benzene rings is 2. The van der Waals surface area contributed by atoms with E-state index in [1.165, 1.54) is 31.4 Å². The van der Waals surface area contributed by atoms with Gasteiger partial charge in [0.15, 0.2) is 17.3 Å². The number of aromatic hydroxyl groups is 3. The van der Waals surface area contributed by atoms with E-state index in [1.54, 1.807) is 0 Å². The molecule has 1 aliphatic heterocycles. The zero-order valence-electron chi connectivity index (χ0n) is 17.7. The van der Waals surface area contributed by atoms with Gasteiger partial charge >= 0.3 is 0 Å². The molecule has 0 aliphatic carbocycles. The van der Waals surface area contributed by atoms with Gasteiger partial charge in [0, 0.05) is 11.6 Å². The summed E-state index contributed by atoms with van der Waals surface area (Å²) in [7, 11) is 1.21.